The molecule has 0 aliphatic heterocycles. The molecule has 0 spiro atoms. The molecule has 0 aliphatic rings. The molecule has 2 aromatic carbocycles. The van der Waals surface area contributed by atoms with E-state index in [1.165, 1.54) is 24.3 Å². The van der Waals surface area contributed by atoms with Crippen LogP contribution in [0.5, 0.6) is 23.0 Å². The first-order valence-corrected chi connectivity index (χ1v) is 7.63. The van der Waals surface area contributed by atoms with Crippen molar-refractivity contribution in [2.75, 3.05) is 6.54 Å². The Kier molecular flexibility index (Phi) is 10.8. The molecule has 0 atom stereocenters. The van der Waals surface area contributed by atoms with E-state index in [0.717, 1.165) is 30.3 Å². The minimum Gasteiger partial charge on any atom is -0.504 e. The zero-order valence-corrected chi connectivity index (χ0v) is 14.6. The van der Waals surface area contributed by atoms with Gasteiger partial charge in [-0.15, -0.1) is 12.4 Å². The van der Waals surface area contributed by atoms with Crippen molar-refractivity contribution in [3.8, 4) is 23.0 Å². The van der Waals surface area contributed by atoms with Crippen molar-refractivity contribution in [1.82, 2.24) is 0 Å². The third-order valence-electron chi connectivity index (χ3n) is 3.30. The predicted molar refractivity (Wildman–Crippen MR) is 98.6 cm³/mol. The van der Waals surface area contributed by atoms with E-state index < -0.39 is 0 Å². The lowest BCUT2D eigenvalue weighted by atomic mass is 10.1. The van der Waals surface area contributed by atoms with E-state index in [4.69, 9.17) is 26.2 Å². The summed E-state index contributed by atoms with van der Waals surface area (Å²) < 4.78 is 0. The first kappa shape index (κ1) is 22.6. The van der Waals surface area contributed by atoms with Gasteiger partial charge in [0.25, 0.3) is 0 Å². The Morgan fingerprint density at radius 1 is 0.800 bits per heavy atom. The van der Waals surface area contributed by atoms with Crippen LogP contribution in [0.2, 0.25) is 0 Å². The molecule has 0 aliphatic carbocycles. The van der Waals surface area contributed by atoms with Gasteiger partial charge in [-0.1, -0.05) is 12.1 Å². The third-order valence-corrected chi connectivity index (χ3v) is 3.30. The summed E-state index contributed by atoms with van der Waals surface area (Å²) in [7, 11) is 0. The van der Waals surface area contributed by atoms with Crippen LogP contribution in [-0.4, -0.2) is 33.3 Å². The fourth-order valence-corrected chi connectivity index (χ4v) is 2.01. The molecular formula is C18H24ClNO5. The maximum Gasteiger partial charge on any atom is 0.157 e. The van der Waals surface area contributed by atoms with Gasteiger partial charge in [0.1, 0.15) is 6.29 Å². The predicted octanol–water partition coefficient (Wildman–Crippen LogP) is 2.64. The Balaban J connectivity index is 0.000000449. The number of aryl methyl sites for hydroxylation is 1. The van der Waals surface area contributed by atoms with Crippen LogP contribution < -0.4 is 5.73 Å². The van der Waals surface area contributed by atoms with Gasteiger partial charge in [0, 0.05) is 6.42 Å². The van der Waals surface area contributed by atoms with Crippen molar-refractivity contribution in [2.45, 2.75) is 25.7 Å². The van der Waals surface area contributed by atoms with Gasteiger partial charge in [0.2, 0.25) is 0 Å². The molecule has 25 heavy (non-hydrogen) atoms. The molecule has 0 aromatic heterocycles. The Hall–Kier alpha value is -2.44. The molecule has 0 fully saturated rings. The van der Waals surface area contributed by atoms with Crippen LogP contribution >= 0.6 is 12.4 Å². The summed E-state index contributed by atoms with van der Waals surface area (Å²) in [6, 6.07) is 9.41. The monoisotopic (exact) mass is 369 g/mol. The number of phenols is 4. The normalized spacial score (nSPS) is 9.48. The van der Waals surface area contributed by atoms with E-state index in [1.54, 1.807) is 12.1 Å². The Morgan fingerprint density at radius 2 is 1.28 bits per heavy atom. The van der Waals surface area contributed by atoms with Gasteiger partial charge >= 0.3 is 0 Å². The number of phenolic OH excluding ortho intramolecular Hbond substituents is 4. The lowest BCUT2D eigenvalue weighted by Crippen LogP contribution is -2.02. The standard InChI is InChI=1S/C10H12O3.C8H11NO2.ClH/c11-6-2-1-3-8-4-5-9(12)10(13)7-8;9-4-3-6-1-2-7(10)8(11)5-6;/h4-7,12-13H,1-3H2;1-2,5,10-11H,3-4,9H2;1H. The molecule has 138 valence electrons. The van der Waals surface area contributed by atoms with Gasteiger partial charge in [0.05, 0.1) is 0 Å². The largest absolute Gasteiger partial charge is 0.504 e. The summed E-state index contributed by atoms with van der Waals surface area (Å²) in [5, 5.41) is 36.1. The lowest BCUT2D eigenvalue weighted by molar-refractivity contribution is -0.107. The first-order valence-electron chi connectivity index (χ1n) is 7.63. The highest BCUT2D eigenvalue weighted by Gasteiger charge is 2.00. The van der Waals surface area contributed by atoms with Crippen LogP contribution in [0.3, 0.4) is 0 Å². The van der Waals surface area contributed by atoms with Crippen LogP contribution in [-0.2, 0) is 17.6 Å². The van der Waals surface area contributed by atoms with E-state index in [-0.39, 0.29) is 35.4 Å². The maximum absolute atomic E-state index is 10.0. The second-order valence-electron chi connectivity index (χ2n) is 5.24. The fourth-order valence-electron chi connectivity index (χ4n) is 2.01. The molecule has 2 rings (SSSR count). The molecule has 0 unspecified atom stereocenters. The molecule has 7 heteroatoms. The van der Waals surface area contributed by atoms with E-state index in [9.17, 15) is 4.79 Å². The van der Waals surface area contributed by atoms with Gasteiger partial charge < -0.3 is 31.0 Å². The number of benzene rings is 2. The number of aromatic hydroxyl groups is 4. The van der Waals surface area contributed by atoms with Crippen LogP contribution in [0.4, 0.5) is 0 Å². The SMILES string of the molecule is Cl.NCCc1ccc(O)c(O)c1.O=CCCCc1ccc(O)c(O)c1. The summed E-state index contributed by atoms with van der Waals surface area (Å²) in [6.45, 7) is 0.546. The van der Waals surface area contributed by atoms with Crippen LogP contribution in [0, 0.1) is 0 Å². The highest BCUT2D eigenvalue weighted by molar-refractivity contribution is 5.85. The number of carbonyl (C=O) groups is 1. The highest BCUT2D eigenvalue weighted by Crippen LogP contribution is 2.25. The van der Waals surface area contributed by atoms with Gasteiger partial charge in [-0.25, -0.2) is 0 Å². The first-order chi connectivity index (χ1) is 11.5. The molecule has 0 saturated heterocycles. The Labute approximate surface area is 153 Å². The number of unbranched alkanes of at least 4 members (excludes halogenated alkanes) is 1. The number of carbonyl (C=O) groups excluding carboxylic acids is 1. The average molecular weight is 370 g/mol. The summed E-state index contributed by atoms with van der Waals surface area (Å²) in [4.78, 5) is 10.0. The molecule has 0 radical (unpaired) electrons. The zero-order valence-electron chi connectivity index (χ0n) is 13.8. The minimum atomic E-state index is -0.112. The Morgan fingerprint density at radius 3 is 1.68 bits per heavy atom. The number of rotatable bonds is 6. The second-order valence-corrected chi connectivity index (χ2v) is 5.24. The van der Waals surface area contributed by atoms with Crippen molar-refractivity contribution < 1.29 is 25.2 Å². The maximum atomic E-state index is 10.0. The van der Waals surface area contributed by atoms with Gasteiger partial charge in [-0.05, 0) is 61.2 Å². The third kappa shape index (κ3) is 8.28. The second kappa shape index (κ2) is 12.0. The van der Waals surface area contributed by atoms with E-state index >= 15 is 0 Å². The molecule has 0 saturated carbocycles. The number of hydrogen-bond acceptors (Lipinski definition) is 6. The molecule has 0 bridgehead atoms. The van der Waals surface area contributed by atoms with Crippen molar-refractivity contribution in [3.05, 3.63) is 47.5 Å². The van der Waals surface area contributed by atoms with Crippen molar-refractivity contribution in [1.29, 1.82) is 0 Å². The molecule has 2 aromatic rings. The van der Waals surface area contributed by atoms with E-state index in [0.29, 0.717) is 19.4 Å². The number of halogens is 1. The fraction of sp³-hybridized carbons (Fsp3) is 0.278. The van der Waals surface area contributed by atoms with E-state index in [2.05, 4.69) is 0 Å². The summed E-state index contributed by atoms with van der Waals surface area (Å²) in [5.74, 6) is -0.399. The van der Waals surface area contributed by atoms with Crippen molar-refractivity contribution >= 4 is 18.7 Å². The minimum absolute atomic E-state index is 0. The molecule has 0 amide bonds. The summed E-state index contributed by atoms with van der Waals surface area (Å²) >= 11 is 0. The van der Waals surface area contributed by atoms with E-state index in [1.807, 2.05) is 0 Å². The zero-order chi connectivity index (χ0) is 17.9. The van der Waals surface area contributed by atoms with Crippen molar-refractivity contribution in [3.63, 3.8) is 0 Å². The van der Waals surface area contributed by atoms with Gasteiger partial charge in [-0.2, -0.15) is 0 Å². The van der Waals surface area contributed by atoms with Crippen molar-refractivity contribution in [2.24, 2.45) is 5.73 Å². The summed E-state index contributed by atoms with van der Waals surface area (Å²) in [6.07, 6.45) is 3.63. The molecule has 0 heterocycles. The quantitative estimate of drug-likeness (QED) is 0.303. The highest BCUT2D eigenvalue weighted by atomic mass is 35.5. The molecule has 6 nitrogen and oxygen atoms in total. The van der Waals surface area contributed by atoms with Crippen LogP contribution in [0.15, 0.2) is 36.4 Å². The van der Waals surface area contributed by atoms with Gasteiger partial charge in [0.15, 0.2) is 23.0 Å². The number of aldehydes is 1. The van der Waals surface area contributed by atoms with Gasteiger partial charge in [-0.3, -0.25) is 0 Å². The average Bonchev–Trinajstić information content (AvgIpc) is 2.55. The Bertz CT molecular complexity index is 664. The van der Waals surface area contributed by atoms with Crippen LogP contribution in [0.1, 0.15) is 24.0 Å². The van der Waals surface area contributed by atoms with Crippen LogP contribution in [0.25, 0.3) is 0 Å². The number of nitrogens with two attached hydrogens (primary N) is 1. The molecule has 6 N–H and O–H groups in total. The summed E-state index contributed by atoms with van der Waals surface area (Å²) in [5.41, 5.74) is 7.17. The topological polar surface area (TPSA) is 124 Å². The number of hydrogen-bond donors (Lipinski definition) is 5. The lowest BCUT2D eigenvalue weighted by Gasteiger charge is -2.01. The smallest absolute Gasteiger partial charge is 0.157 e. The molecular weight excluding hydrogens is 346 g/mol.